The molecule has 2 rings (SSSR count). The summed E-state index contributed by atoms with van der Waals surface area (Å²) in [5.74, 6) is -1.96. The Morgan fingerprint density at radius 1 is 1.14 bits per heavy atom. The molecule has 1 N–H and O–H groups in total. The molecular formula is C14H19F3N2O2. The number of nitrogens with zero attached hydrogens (tertiary/aromatic N) is 1. The van der Waals surface area contributed by atoms with E-state index in [4.69, 9.17) is 0 Å². The van der Waals surface area contributed by atoms with Crippen molar-refractivity contribution in [2.75, 3.05) is 13.1 Å². The quantitative estimate of drug-likeness (QED) is 0.795. The van der Waals surface area contributed by atoms with E-state index in [0.717, 1.165) is 36.2 Å². The molecule has 0 aromatic rings. The van der Waals surface area contributed by atoms with E-state index in [1.165, 1.54) is 0 Å². The van der Waals surface area contributed by atoms with E-state index in [0.29, 0.717) is 12.8 Å². The number of carbonyl (C=O) groups excluding carboxylic acids is 2. The zero-order valence-corrected chi connectivity index (χ0v) is 11.7. The van der Waals surface area contributed by atoms with Crippen LogP contribution in [0.4, 0.5) is 13.2 Å². The van der Waals surface area contributed by atoms with Crippen LogP contribution in [0.5, 0.6) is 0 Å². The minimum absolute atomic E-state index is 0.0276. The molecule has 0 radical (unpaired) electrons. The van der Waals surface area contributed by atoms with E-state index in [2.05, 4.69) is 5.32 Å². The molecule has 118 valence electrons. The first kappa shape index (κ1) is 15.9. The average molecular weight is 304 g/mol. The normalized spacial score (nSPS) is 20.5. The van der Waals surface area contributed by atoms with E-state index in [-0.39, 0.29) is 25.0 Å². The largest absolute Gasteiger partial charge is 0.471 e. The highest BCUT2D eigenvalue weighted by atomic mass is 19.4. The maximum absolute atomic E-state index is 12.3. The highest BCUT2D eigenvalue weighted by molar-refractivity contribution is 5.88. The van der Waals surface area contributed by atoms with Crippen molar-refractivity contribution in [3.63, 3.8) is 0 Å². The van der Waals surface area contributed by atoms with Gasteiger partial charge in [-0.1, -0.05) is 5.57 Å². The fraction of sp³-hybridized carbons (Fsp3) is 0.714. The molecule has 0 aromatic heterocycles. The van der Waals surface area contributed by atoms with E-state index >= 15 is 0 Å². The Labute approximate surface area is 121 Å². The number of allylic oxidation sites excluding steroid dienone is 1. The van der Waals surface area contributed by atoms with E-state index in [1.807, 2.05) is 0 Å². The van der Waals surface area contributed by atoms with Crippen LogP contribution >= 0.6 is 0 Å². The van der Waals surface area contributed by atoms with Gasteiger partial charge in [0.15, 0.2) is 0 Å². The monoisotopic (exact) mass is 304 g/mol. The number of hydrogen-bond donors (Lipinski definition) is 1. The summed E-state index contributed by atoms with van der Waals surface area (Å²) in [6.45, 7) is 0.0553. The average Bonchev–Trinajstić information content (AvgIpc) is 2.90. The van der Waals surface area contributed by atoms with Gasteiger partial charge in [-0.05, 0) is 38.5 Å². The van der Waals surface area contributed by atoms with Crippen LogP contribution in [0.25, 0.3) is 0 Å². The second-order valence-electron chi connectivity index (χ2n) is 5.58. The van der Waals surface area contributed by atoms with Gasteiger partial charge in [0.2, 0.25) is 5.91 Å². The van der Waals surface area contributed by atoms with E-state index in [1.54, 1.807) is 6.08 Å². The molecule has 0 unspecified atom stereocenters. The summed E-state index contributed by atoms with van der Waals surface area (Å²) in [4.78, 5) is 23.7. The second kappa shape index (κ2) is 6.49. The fourth-order valence-corrected chi connectivity index (χ4v) is 2.81. The van der Waals surface area contributed by atoms with E-state index in [9.17, 15) is 22.8 Å². The Morgan fingerprint density at radius 3 is 2.24 bits per heavy atom. The number of alkyl halides is 3. The van der Waals surface area contributed by atoms with Crippen LogP contribution < -0.4 is 5.32 Å². The summed E-state index contributed by atoms with van der Waals surface area (Å²) in [7, 11) is 0. The summed E-state index contributed by atoms with van der Waals surface area (Å²) in [5.41, 5.74) is 1.14. The van der Waals surface area contributed by atoms with Gasteiger partial charge in [0, 0.05) is 25.2 Å². The zero-order valence-electron chi connectivity index (χ0n) is 11.7. The predicted molar refractivity (Wildman–Crippen MR) is 70.4 cm³/mol. The molecule has 1 aliphatic carbocycles. The van der Waals surface area contributed by atoms with E-state index < -0.39 is 12.1 Å². The first-order chi connectivity index (χ1) is 9.86. The van der Waals surface area contributed by atoms with Crippen LogP contribution in [-0.2, 0) is 9.59 Å². The fourth-order valence-electron chi connectivity index (χ4n) is 2.81. The predicted octanol–water partition coefficient (Wildman–Crippen LogP) is 2.16. The Kier molecular flexibility index (Phi) is 4.90. The Morgan fingerprint density at radius 2 is 1.71 bits per heavy atom. The summed E-state index contributed by atoms with van der Waals surface area (Å²) in [5, 5.41) is 2.81. The number of halogens is 3. The number of nitrogens with one attached hydrogen (secondary N) is 1. The summed E-state index contributed by atoms with van der Waals surface area (Å²) in [6, 6.07) is -0.159. The molecule has 1 heterocycles. The van der Waals surface area contributed by atoms with Crippen molar-refractivity contribution < 1.29 is 22.8 Å². The lowest BCUT2D eigenvalue weighted by molar-refractivity contribution is -0.186. The molecule has 0 spiro atoms. The van der Waals surface area contributed by atoms with Crippen LogP contribution in [0.3, 0.4) is 0 Å². The maximum atomic E-state index is 12.3. The third-order valence-corrected chi connectivity index (χ3v) is 3.95. The van der Waals surface area contributed by atoms with Gasteiger partial charge in [-0.25, -0.2) is 0 Å². The van der Waals surface area contributed by atoms with Crippen LogP contribution in [0, 0.1) is 0 Å². The van der Waals surface area contributed by atoms with Gasteiger partial charge in [-0.15, -0.1) is 0 Å². The number of carbonyl (C=O) groups is 2. The Bertz CT molecular complexity index is 430. The summed E-state index contributed by atoms with van der Waals surface area (Å²) >= 11 is 0. The SMILES string of the molecule is O=C(C=C1CCCC1)NC1CCN(C(=O)C(F)(F)F)CC1. The molecule has 21 heavy (non-hydrogen) atoms. The second-order valence-corrected chi connectivity index (χ2v) is 5.58. The minimum atomic E-state index is -4.82. The number of hydrogen-bond acceptors (Lipinski definition) is 2. The lowest BCUT2D eigenvalue weighted by Crippen LogP contribution is -2.49. The molecule has 2 aliphatic rings. The molecular weight excluding hydrogens is 285 g/mol. The molecule has 4 nitrogen and oxygen atoms in total. The van der Waals surface area contributed by atoms with Gasteiger partial charge < -0.3 is 10.2 Å². The number of likely N-dealkylation sites (tertiary alicyclic amines) is 1. The van der Waals surface area contributed by atoms with Crippen molar-refractivity contribution in [2.45, 2.75) is 50.7 Å². The van der Waals surface area contributed by atoms with Crippen molar-refractivity contribution >= 4 is 11.8 Å². The lowest BCUT2D eigenvalue weighted by Gasteiger charge is -2.32. The van der Waals surface area contributed by atoms with Crippen LogP contribution in [-0.4, -0.2) is 42.0 Å². The molecule has 1 saturated heterocycles. The van der Waals surface area contributed by atoms with Crippen molar-refractivity contribution in [2.24, 2.45) is 0 Å². The van der Waals surface area contributed by atoms with Crippen LogP contribution in [0.15, 0.2) is 11.6 Å². The summed E-state index contributed by atoms with van der Waals surface area (Å²) < 4.78 is 36.9. The topological polar surface area (TPSA) is 49.4 Å². The molecule has 1 aliphatic heterocycles. The molecule has 2 fully saturated rings. The highest BCUT2D eigenvalue weighted by Crippen LogP contribution is 2.24. The molecule has 2 amide bonds. The van der Waals surface area contributed by atoms with Gasteiger partial charge >= 0.3 is 12.1 Å². The highest BCUT2D eigenvalue weighted by Gasteiger charge is 2.43. The standard InChI is InChI=1S/C14H19F3N2O2/c15-14(16,17)13(21)19-7-5-11(6-8-19)18-12(20)9-10-3-1-2-4-10/h9,11H,1-8H2,(H,18,20). The van der Waals surface area contributed by atoms with Crippen molar-refractivity contribution in [1.29, 1.82) is 0 Å². The van der Waals surface area contributed by atoms with Crippen molar-refractivity contribution in [3.05, 3.63) is 11.6 Å². The lowest BCUT2D eigenvalue weighted by atomic mass is 10.0. The molecule has 0 aromatic carbocycles. The van der Waals surface area contributed by atoms with Crippen molar-refractivity contribution in [1.82, 2.24) is 10.2 Å². The first-order valence-electron chi connectivity index (χ1n) is 7.22. The van der Waals surface area contributed by atoms with Gasteiger partial charge in [0.05, 0.1) is 0 Å². The Balaban J connectivity index is 1.78. The minimum Gasteiger partial charge on any atom is -0.350 e. The van der Waals surface area contributed by atoms with Gasteiger partial charge in [-0.3, -0.25) is 9.59 Å². The summed E-state index contributed by atoms with van der Waals surface area (Å²) in [6.07, 6.45) is 1.63. The maximum Gasteiger partial charge on any atom is 0.471 e. The van der Waals surface area contributed by atoms with Gasteiger partial charge in [0.1, 0.15) is 0 Å². The molecule has 7 heteroatoms. The molecule has 0 atom stereocenters. The zero-order chi connectivity index (χ0) is 15.5. The number of amides is 2. The smallest absolute Gasteiger partial charge is 0.350 e. The molecule has 0 bridgehead atoms. The van der Waals surface area contributed by atoms with Crippen LogP contribution in [0.1, 0.15) is 38.5 Å². The number of rotatable bonds is 2. The third kappa shape index (κ3) is 4.47. The Hall–Kier alpha value is -1.53. The third-order valence-electron chi connectivity index (χ3n) is 3.95. The number of piperidine rings is 1. The molecule has 1 saturated carbocycles. The van der Waals surface area contributed by atoms with Crippen LogP contribution in [0.2, 0.25) is 0 Å². The van der Waals surface area contributed by atoms with Gasteiger partial charge in [0.25, 0.3) is 0 Å². The first-order valence-corrected chi connectivity index (χ1v) is 7.22. The van der Waals surface area contributed by atoms with Gasteiger partial charge in [-0.2, -0.15) is 13.2 Å². The van der Waals surface area contributed by atoms with Crippen molar-refractivity contribution in [3.8, 4) is 0 Å².